The lowest BCUT2D eigenvalue weighted by Crippen LogP contribution is -2.26. The average Bonchev–Trinajstić information content (AvgIpc) is 2.95. The molecule has 2 rings (SSSR count). The molecule has 2 aromatic rings. The Morgan fingerprint density at radius 1 is 1.20 bits per heavy atom. The van der Waals surface area contributed by atoms with Gasteiger partial charge < -0.3 is 15.1 Å². The van der Waals surface area contributed by atoms with Crippen LogP contribution in [0.15, 0.2) is 40.8 Å². The molecule has 1 aromatic heterocycles. The van der Waals surface area contributed by atoms with Crippen LogP contribution >= 0.6 is 0 Å². The molecule has 0 spiro atoms. The van der Waals surface area contributed by atoms with Gasteiger partial charge in [-0.3, -0.25) is 4.79 Å². The Labute approximate surface area is 119 Å². The fourth-order valence-electron chi connectivity index (χ4n) is 2.11. The van der Waals surface area contributed by atoms with Gasteiger partial charge in [0.15, 0.2) is 5.76 Å². The van der Waals surface area contributed by atoms with Gasteiger partial charge in [-0.1, -0.05) is 31.2 Å². The van der Waals surface area contributed by atoms with Crippen molar-refractivity contribution in [1.82, 2.24) is 4.90 Å². The standard InChI is InChI=1S/C16H20N2O2/c1-3-14-8-9-15(20-14)16(19)18(2)11-13-7-5-4-6-12(13)10-17/h4-9H,3,10-11,17H2,1-2H3. The van der Waals surface area contributed by atoms with E-state index in [-0.39, 0.29) is 5.91 Å². The number of amides is 1. The van der Waals surface area contributed by atoms with E-state index >= 15 is 0 Å². The first kappa shape index (κ1) is 14.3. The second-order valence-electron chi connectivity index (χ2n) is 4.75. The molecule has 0 saturated carbocycles. The number of nitrogens with zero attached hydrogens (tertiary/aromatic N) is 1. The van der Waals surface area contributed by atoms with Crippen molar-refractivity contribution in [3.8, 4) is 0 Å². The van der Waals surface area contributed by atoms with E-state index in [1.165, 1.54) is 0 Å². The summed E-state index contributed by atoms with van der Waals surface area (Å²) in [6.45, 7) is 2.99. The maximum atomic E-state index is 12.3. The summed E-state index contributed by atoms with van der Waals surface area (Å²) >= 11 is 0. The first-order valence-corrected chi connectivity index (χ1v) is 6.76. The summed E-state index contributed by atoms with van der Waals surface area (Å²) in [7, 11) is 1.77. The van der Waals surface area contributed by atoms with E-state index in [1.807, 2.05) is 37.3 Å². The molecule has 0 fully saturated rings. The van der Waals surface area contributed by atoms with Gasteiger partial charge in [-0.2, -0.15) is 0 Å². The van der Waals surface area contributed by atoms with Gasteiger partial charge in [0.1, 0.15) is 5.76 Å². The maximum absolute atomic E-state index is 12.3. The van der Waals surface area contributed by atoms with Crippen LogP contribution < -0.4 is 5.73 Å². The Balaban J connectivity index is 2.11. The van der Waals surface area contributed by atoms with Crippen LogP contribution in [-0.2, 0) is 19.5 Å². The second-order valence-corrected chi connectivity index (χ2v) is 4.75. The number of aryl methyl sites for hydroxylation is 1. The predicted octanol–water partition coefficient (Wildman–Crippen LogP) is 2.57. The van der Waals surface area contributed by atoms with Crippen molar-refractivity contribution in [1.29, 1.82) is 0 Å². The highest BCUT2D eigenvalue weighted by molar-refractivity contribution is 5.91. The molecular formula is C16H20N2O2. The Bertz CT molecular complexity index is 590. The molecule has 0 unspecified atom stereocenters. The molecule has 0 aliphatic heterocycles. The van der Waals surface area contributed by atoms with Gasteiger partial charge in [0, 0.05) is 26.6 Å². The quantitative estimate of drug-likeness (QED) is 0.910. The van der Waals surface area contributed by atoms with Crippen LogP contribution in [-0.4, -0.2) is 17.9 Å². The molecule has 0 radical (unpaired) electrons. The van der Waals surface area contributed by atoms with Crippen LogP contribution in [0.2, 0.25) is 0 Å². The molecule has 1 heterocycles. The van der Waals surface area contributed by atoms with Crippen molar-refractivity contribution in [2.24, 2.45) is 5.73 Å². The third-order valence-corrected chi connectivity index (χ3v) is 3.31. The number of carbonyl (C=O) groups is 1. The number of rotatable bonds is 5. The molecule has 0 saturated heterocycles. The summed E-state index contributed by atoms with van der Waals surface area (Å²) < 4.78 is 5.49. The maximum Gasteiger partial charge on any atom is 0.289 e. The SMILES string of the molecule is CCc1ccc(C(=O)N(C)Cc2ccccc2CN)o1. The number of benzene rings is 1. The van der Waals surface area contributed by atoms with E-state index < -0.39 is 0 Å². The predicted molar refractivity (Wildman–Crippen MR) is 78.2 cm³/mol. The van der Waals surface area contributed by atoms with E-state index in [9.17, 15) is 4.79 Å². The summed E-state index contributed by atoms with van der Waals surface area (Å²) in [4.78, 5) is 13.9. The summed E-state index contributed by atoms with van der Waals surface area (Å²) in [5, 5.41) is 0. The minimum absolute atomic E-state index is 0.114. The first-order valence-electron chi connectivity index (χ1n) is 6.76. The zero-order valence-corrected chi connectivity index (χ0v) is 11.9. The zero-order valence-electron chi connectivity index (χ0n) is 11.9. The van der Waals surface area contributed by atoms with Crippen molar-refractivity contribution < 1.29 is 9.21 Å². The molecule has 0 bridgehead atoms. The summed E-state index contributed by atoms with van der Waals surface area (Å²) in [5.41, 5.74) is 7.83. The number of hydrogen-bond donors (Lipinski definition) is 1. The lowest BCUT2D eigenvalue weighted by Gasteiger charge is -2.17. The Morgan fingerprint density at radius 2 is 1.90 bits per heavy atom. The van der Waals surface area contributed by atoms with E-state index in [0.717, 1.165) is 23.3 Å². The van der Waals surface area contributed by atoms with Crippen LogP contribution in [0.4, 0.5) is 0 Å². The van der Waals surface area contributed by atoms with Crippen LogP contribution in [0.25, 0.3) is 0 Å². The normalized spacial score (nSPS) is 10.6. The van der Waals surface area contributed by atoms with Gasteiger partial charge in [-0.15, -0.1) is 0 Å². The molecular weight excluding hydrogens is 252 g/mol. The highest BCUT2D eigenvalue weighted by atomic mass is 16.4. The molecule has 1 amide bonds. The van der Waals surface area contributed by atoms with Gasteiger partial charge in [0.2, 0.25) is 0 Å². The molecule has 0 atom stereocenters. The van der Waals surface area contributed by atoms with E-state index in [0.29, 0.717) is 18.8 Å². The highest BCUT2D eigenvalue weighted by Crippen LogP contribution is 2.14. The van der Waals surface area contributed by atoms with Crippen molar-refractivity contribution in [2.75, 3.05) is 7.05 Å². The van der Waals surface area contributed by atoms with Crippen LogP contribution in [0.1, 0.15) is 34.4 Å². The number of nitrogens with two attached hydrogens (primary N) is 1. The fraction of sp³-hybridized carbons (Fsp3) is 0.312. The molecule has 1 aromatic carbocycles. The smallest absolute Gasteiger partial charge is 0.289 e. The monoisotopic (exact) mass is 272 g/mol. The van der Waals surface area contributed by atoms with Gasteiger partial charge in [0.25, 0.3) is 5.91 Å². The van der Waals surface area contributed by atoms with Crippen molar-refractivity contribution in [3.63, 3.8) is 0 Å². The Kier molecular flexibility index (Phi) is 4.58. The lowest BCUT2D eigenvalue weighted by atomic mass is 10.1. The molecule has 4 nitrogen and oxygen atoms in total. The van der Waals surface area contributed by atoms with Crippen molar-refractivity contribution in [3.05, 3.63) is 59.0 Å². The van der Waals surface area contributed by atoms with Crippen LogP contribution in [0.5, 0.6) is 0 Å². The first-order chi connectivity index (χ1) is 9.65. The van der Waals surface area contributed by atoms with E-state index in [2.05, 4.69) is 0 Å². The van der Waals surface area contributed by atoms with Gasteiger partial charge >= 0.3 is 0 Å². The largest absolute Gasteiger partial charge is 0.456 e. The molecule has 2 N–H and O–H groups in total. The zero-order chi connectivity index (χ0) is 14.5. The number of furan rings is 1. The number of hydrogen-bond acceptors (Lipinski definition) is 3. The third kappa shape index (κ3) is 3.08. The van der Waals surface area contributed by atoms with Crippen molar-refractivity contribution in [2.45, 2.75) is 26.4 Å². The molecule has 0 aliphatic carbocycles. The van der Waals surface area contributed by atoms with E-state index in [1.54, 1.807) is 18.0 Å². The fourth-order valence-corrected chi connectivity index (χ4v) is 2.11. The van der Waals surface area contributed by atoms with Crippen LogP contribution in [0, 0.1) is 0 Å². The lowest BCUT2D eigenvalue weighted by molar-refractivity contribution is 0.0751. The highest BCUT2D eigenvalue weighted by Gasteiger charge is 2.16. The summed E-state index contributed by atoms with van der Waals surface area (Å²) in [6, 6.07) is 11.4. The molecule has 20 heavy (non-hydrogen) atoms. The minimum Gasteiger partial charge on any atom is -0.456 e. The summed E-state index contributed by atoms with van der Waals surface area (Å²) in [6.07, 6.45) is 0.785. The Hall–Kier alpha value is -2.07. The Morgan fingerprint density at radius 3 is 2.50 bits per heavy atom. The molecule has 4 heteroatoms. The minimum atomic E-state index is -0.114. The van der Waals surface area contributed by atoms with Gasteiger partial charge in [-0.05, 0) is 23.3 Å². The topological polar surface area (TPSA) is 59.5 Å². The third-order valence-electron chi connectivity index (χ3n) is 3.31. The van der Waals surface area contributed by atoms with Gasteiger partial charge in [-0.25, -0.2) is 0 Å². The van der Waals surface area contributed by atoms with Crippen LogP contribution in [0.3, 0.4) is 0 Å². The van der Waals surface area contributed by atoms with Crippen molar-refractivity contribution >= 4 is 5.91 Å². The second kappa shape index (κ2) is 6.39. The molecule has 106 valence electrons. The summed E-state index contributed by atoms with van der Waals surface area (Å²) in [5.74, 6) is 1.09. The van der Waals surface area contributed by atoms with Gasteiger partial charge in [0.05, 0.1) is 0 Å². The average molecular weight is 272 g/mol. The number of carbonyl (C=O) groups excluding carboxylic acids is 1. The van der Waals surface area contributed by atoms with E-state index in [4.69, 9.17) is 10.2 Å². The molecule has 0 aliphatic rings.